The third kappa shape index (κ3) is 4.82. The number of aromatic hydroxyl groups is 1. The highest BCUT2D eigenvalue weighted by atomic mass is 32.2. The molecule has 1 amide bonds. The Bertz CT molecular complexity index is 1960. The van der Waals surface area contributed by atoms with E-state index in [0.29, 0.717) is 28.0 Å². The van der Waals surface area contributed by atoms with E-state index in [2.05, 4.69) is 5.32 Å². The van der Waals surface area contributed by atoms with Gasteiger partial charge in [0.25, 0.3) is 11.6 Å². The van der Waals surface area contributed by atoms with Gasteiger partial charge >= 0.3 is 0 Å². The van der Waals surface area contributed by atoms with E-state index in [1.165, 1.54) is 24.3 Å². The first-order valence-electron chi connectivity index (χ1n) is 11.5. The Morgan fingerprint density at radius 2 is 1.72 bits per heavy atom. The summed E-state index contributed by atoms with van der Waals surface area (Å²) in [5.41, 5.74) is 2.44. The average Bonchev–Trinajstić information content (AvgIpc) is 2.86. The van der Waals surface area contributed by atoms with Crippen LogP contribution >= 0.6 is 0 Å². The molecule has 3 aromatic carbocycles. The number of nitrogens with one attached hydrogen (secondary N) is 1. The number of nitro benzene ring substituents is 1. The lowest BCUT2D eigenvalue weighted by Crippen LogP contribution is -2.15. The number of sulfone groups is 1. The zero-order chi connectivity index (χ0) is 28.1. The van der Waals surface area contributed by atoms with E-state index in [-0.39, 0.29) is 21.6 Å². The molecule has 196 valence electrons. The second kappa shape index (κ2) is 9.37. The molecule has 0 spiro atoms. The second-order valence-corrected chi connectivity index (χ2v) is 11.0. The van der Waals surface area contributed by atoms with E-state index >= 15 is 0 Å². The molecular weight excluding hydrogens is 524 g/mol. The summed E-state index contributed by atoms with van der Waals surface area (Å²) in [7, 11) is -3.70. The summed E-state index contributed by atoms with van der Waals surface area (Å²) < 4.78 is 29.8. The maximum atomic E-state index is 13.0. The van der Waals surface area contributed by atoms with E-state index in [1.54, 1.807) is 30.3 Å². The van der Waals surface area contributed by atoms with Gasteiger partial charge in [0.2, 0.25) is 0 Å². The first kappa shape index (κ1) is 25.6. The van der Waals surface area contributed by atoms with Crippen LogP contribution in [0.5, 0.6) is 5.75 Å². The summed E-state index contributed by atoms with van der Waals surface area (Å²) in [4.78, 5) is 35.5. The monoisotopic (exact) mass is 544 g/mol. The lowest BCUT2D eigenvalue weighted by molar-refractivity contribution is -0.385. The number of aryl methyl sites for hydroxylation is 1. The molecule has 2 aliphatic rings. The molecule has 1 aliphatic heterocycles. The van der Waals surface area contributed by atoms with Gasteiger partial charge in [0.05, 0.1) is 9.82 Å². The van der Waals surface area contributed by atoms with Crippen molar-refractivity contribution in [3.05, 3.63) is 104 Å². The Kier molecular flexibility index (Phi) is 6.15. The summed E-state index contributed by atoms with van der Waals surface area (Å²) >= 11 is 0. The van der Waals surface area contributed by atoms with Crippen LogP contribution in [0.15, 0.2) is 86.9 Å². The zero-order valence-corrected chi connectivity index (χ0v) is 21.4. The molecule has 0 aromatic heterocycles. The number of benzene rings is 4. The van der Waals surface area contributed by atoms with E-state index in [1.807, 2.05) is 6.92 Å². The SMILES string of the molecule is Cc1cc(NC(=O)c2cc(S(C)(=O)=O)ccc2[N+](=O)[O-])ccc1-c1c2ccc(=O)cc-2oc2cc(O)ccc12. The minimum Gasteiger partial charge on any atom is -0.508 e. The Morgan fingerprint density at radius 1 is 0.974 bits per heavy atom. The quantitative estimate of drug-likeness (QED) is 0.175. The molecule has 0 radical (unpaired) electrons. The van der Waals surface area contributed by atoms with E-state index in [9.17, 15) is 33.2 Å². The summed E-state index contributed by atoms with van der Waals surface area (Å²) in [6, 6.07) is 17.2. The van der Waals surface area contributed by atoms with Gasteiger partial charge in [-0.2, -0.15) is 0 Å². The molecule has 5 rings (SSSR count). The smallest absolute Gasteiger partial charge is 0.282 e. The molecule has 3 aromatic rings. The van der Waals surface area contributed by atoms with Gasteiger partial charge < -0.3 is 14.8 Å². The second-order valence-electron chi connectivity index (χ2n) is 9.01. The number of carbonyl (C=O) groups excluding carboxylic acids is 1. The number of fused-ring (bicyclic) bond motifs is 2. The molecule has 0 fully saturated rings. The number of nitro groups is 1. The van der Waals surface area contributed by atoms with Crippen molar-refractivity contribution in [2.75, 3.05) is 11.6 Å². The van der Waals surface area contributed by atoms with Crippen LogP contribution in [0, 0.1) is 17.0 Å². The number of hydrogen-bond acceptors (Lipinski definition) is 8. The Morgan fingerprint density at radius 3 is 2.41 bits per heavy atom. The van der Waals surface area contributed by atoms with Gasteiger partial charge in [-0.25, -0.2) is 8.42 Å². The first-order valence-corrected chi connectivity index (χ1v) is 13.4. The summed E-state index contributed by atoms with van der Waals surface area (Å²) in [6.45, 7) is 1.81. The summed E-state index contributed by atoms with van der Waals surface area (Å²) in [5.74, 6) is -0.503. The molecule has 0 atom stereocenters. The van der Waals surface area contributed by atoms with Crippen LogP contribution in [-0.4, -0.2) is 30.6 Å². The number of phenols is 1. The van der Waals surface area contributed by atoms with Crippen molar-refractivity contribution in [1.29, 1.82) is 0 Å². The highest BCUT2D eigenvalue weighted by Gasteiger charge is 2.24. The van der Waals surface area contributed by atoms with Crippen LogP contribution in [-0.2, 0) is 9.84 Å². The lowest BCUT2D eigenvalue weighted by atomic mass is 9.91. The fourth-order valence-corrected chi connectivity index (χ4v) is 5.10. The van der Waals surface area contributed by atoms with Gasteiger partial charge in [-0.05, 0) is 66.6 Å². The number of nitrogens with zero attached hydrogens (tertiary/aromatic N) is 1. The molecular formula is C28H20N2O8S. The van der Waals surface area contributed by atoms with Crippen molar-refractivity contribution in [2.24, 2.45) is 0 Å². The topological polar surface area (TPSA) is 157 Å². The van der Waals surface area contributed by atoms with Gasteiger partial charge in [0.1, 0.15) is 22.7 Å². The normalized spacial score (nSPS) is 11.5. The van der Waals surface area contributed by atoms with E-state index in [4.69, 9.17) is 4.42 Å². The number of carbonyl (C=O) groups is 1. The summed E-state index contributed by atoms with van der Waals surface area (Å²) in [6.07, 6.45) is 0.946. The highest BCUT2D eigenvalue weighted by Crippen LogP contribution is 2.42. The average molecular weight is 545 g/mol. The molecule has 39 heavy (non-hydrogen) atoms. The predicted molar refractivity (Wildman–Crippen MR) is 145 cm³/mol. The van der Waals surface area contributed by atoms with Gasteiger partial charge in [-0.1, -0.05) is 6.07 Å². The van der Waals surface area contributed by atoms with E-state index in [0.717, 1.165) is 41.1 Å². The van der Waals surface area contributed by atoms with Gasteiger partial charge in [0, 0.05) is 46.7 Å². The third-order valence-electron chi connectivity index (χ3n) is 6.27. The van der Waals surface area contributed by atoms with Crippen LogP contribution < -0.4 is 10.7 Å². The fourth-order valence-electron chi connectivity index (χ4n) is 4.46. The molecule has 0 saturated heterocycles. The van der Waals surface area contributed by atoms with Crippen LogP contribution in [0.25, 0.3) is 33.4 Å². The zero-order valence-electron chi connectivity index (χ0n) is 20.6. The molecule has 0 bridgehead atoms. The maximum absolute atomic E-state index is 13.0. The van der Waals surface area contributed by atoms with Crippen molar-refractivity contribution in [3.8, 4) is 28.2 Å². The fraction of sp³-hybridized carbons (Fsp3) is 0.0714. The third-order valence-corrected chi connectivity index (χ3v) is 7.38. The van der Waals surface area contributed by atoms with Gasteiger partial charge in [0.15, 0.2) is 15.3 Å². The van der Waals surface area contributed by atoms with Crippen molar-refractivity contribution < 1.29 is 27.7 Å². The Labute approximate surface area is 221 Å². The number of rotatable bonds is 5. The van der Waals surface area contributed by atoms with Crippen molar-refractivity contribution in [1.82, 2.24) is 0 Å². The molecule has 1 heterocycles. The molecule has 10 nitrogen and oxygen atoms in total. The Balaban J connectivity index is 1.59. The molecule has 11 heteroatoms. The minimum atomic E-state index is -3.70. The highest BCUT2D eigenvalue weighted by molar-refractivity contribution is 7.90. The standard InChI is InChI=1S/C28H20N2O8S/c1-15-11-16(29-28(33)23-14-19(39(2,36)37)6-10-24(23)30(34)35)3-7-20(15)27-21-8-4-17(31)12-25(21)38-26-13-18(32)5-9-22(26)27/h3-14,31H,1-2H3,(H,29,33). The van der Waals surface area contributed by atoms with Crippen LogP contribution in [0.4, 0.5) is 11.4 Å². The number of phenolic OH excluding ortho intramolecular Hbond substituents is 1. The summed E-state index contributed by atoms with van der Waals surface area (Å²) in [5, 5.41) is 24.7. The number of anilines is 1. The maximum Gasteiger partial charge on any atom is 0.282 e. The van der Waals surface area contributed by atoms with Crippen LogP contribution in [0.1, 0.15) is 15.9 Å². The number of hydrogen-bond donors (Lipinski definition) is 2. The van der Waals surface area contributed by atoms with Crippen LogP contribution in [0.3, 0.4) is 0 Å². The largest absolute Gasteiger partial charge is 0.508 e. The van der Waals surface area contributed by atoms with E-state index < -0.39 is 26.4 Å². The van der Waals surface area contributed by atoms with Crippen molar-refractivity contribution >= 4 is 38.1 Å². The lowest BCUT2D eigenvalue weighted by Gasteiger charge is -2.17. The van der Waals surface area contributed by atoms with Crippen molar-refractivity contribution in [2.45, 2.75) is 11.8 Å². The number of amides is 1. The molecule has 1 aliphatic carbocycles. The molecule has 0 saturated carbocycles. The van der Waals surface area contributed by atoms with Gasteiger partial charge in [-0.3, -0.25) is 19.7 Å². The van der Waals surface area contributed by atoms with Crippen LogP contribution in [0.2, 0.25) is 0 Å². The predicted octanol–water partition coefficient (Wildman–Crippen LogP) is 5.14. The molecule has 2 N–H and O–H groups in total. The Hall–Kier alpha value is -5.03. The van der Waals surface area contributed by atoms with Gasteiger partial charge in [-0.15, -0.1) is 0 Å². The van der Waals surface area contributed by atoms with Crippen molar-refractivity contribution in [3.63, 3.8) is 0 Å². The molecule has 0 unspecified atom stereocenters. The minimum absolute atomic E-state index is 0.00125. The first-order chi connectivity index (χ1) is 18.4.